The normalized spacial score (nSPS) is 10.7. The molecule has 2 aromatic heterocycles. The van der Waals surface area contributed by atoms with Gasteiger partial charge in [-0.15, -0.1) is 0 Å². The number of nitrogen functional groups attached to an aromatic ring is 1. The van der Waals surface area contributed by atoms with Crippen LogP contribution < -0.4 is 10.5 Å². The Hall–Kier alpha value is -2.56. The second-order valence-electron chi connectivity index (χ2n) is 3.80. The Bertz CT molecular complexity index is 708. The summed E-state index contributed by atoms with van der Waals surface area (Å²) in [4.78, 5) is 4.14. The number of ether oxygens (including phenoxy) is 1. The highest BCUT2D eigenvalue weighted by Gasteiger charge is 2.05. The van der Waals surface area contributed by atoms with E-state index in [1.165, 1.54) is 12.1 Å². The maximum absolute atomic E-state index is 13.3. The lowest BCUT2D eigenvalue weighted by Gasteiger charge is -2.08. The van der Waals surface area contributed by atoms with Gasteiger partial charge in [0, 0.05) is 18.5 Å². The number of hydrogen-bond acceptors (Lipinski definition) is 3. The topological polar surface area (TPSA) is 52.5 Å². The molecule has 1 aromatic carbocycles. The lowest BCUT2D eigenvalue weighted by molar-refractivity contribution is 0.452. The van der Waals surface area contributed by atoms with Crippen LogP contribution in [0, 0.1) is 5.82 Å². The highest BCUT2D eigenvalue weighted by Crippen LogP contribution is 2.24. The van der Waals surface area contributed by atoms with E-state index >= 15 is 0 Å². The number of aromatic nitrogens is 2. The molecule has 0 amide bonds. The third-order valence-electron chi connectivity index (χ3n) is 2.59. The fourth-order valence-electron chi connectivity index (χ4n) is 1.70. The molecule has 0 bridgehead atoms. The van der Waals surface area contributed by atoms with Gasteiger partial charge in [-0.3, -0.25) is 4.40 Å². The van der Waals surface area contributed by atoms with Crippen LogP contribution in [0.5, 0.6) is 11.6 Å². The van der Waals surface area contributed by atoms with Crippen molar-refractivity contribution in [2.24, 2.45) is 0 Å². The summed E-state index contributed by atoms with van der Waals surface area (Å²) < 4.78 is 20.7. The van der Waals surface area contributed by atoms with Gasteiger partial charge in [0.1, 0.15) is 17.2 Å². The predicted octanol–water partition coefficient (Wildman–Crippen LogP) is 2.85. The Kier molecular flexibility index (Phi) is 2.37. The molecule has 0 saturated carbocycles. The largest absolute Gasteiger partial charge is 0.440 e. The first-order valence-electron chi connectivity index (χ1n) is 5.39. The third kappa shape index (κ3) is 1.75. The van der Waals surface area contributed by atoms with Gasteiger partial charge < -0.3 is 10.5 Å². The minimum absolute atomic E-state index is 0.100. The molecule has 2 N–H and O–H groups in total. The van der Waals surface area contributed by atoms with Gasteiger partial charge in [0.2, 0.25) is 5.88 Å². The molecule has 3 rings (SSSR count). The van der Waals surface area contributed by atoms with Gasteiger partial charge in [-0.25, -0.2) is 9.37 Å². The van der Waals surface area contributed by atoms with E-state index in [4.69, 9.17) is 10.5 Å². The molecule has 0 unspecified atom stereocenters. The van der Waals surface area contributed by atoms with Crippen LogP contribution in [-0.4, -0.2) is 9.38 Å². The van der Waals surface area contributed by atoms with Crippen molar-refractivity contribution in [3.63, 3.8) is 0 Å². The number of fused-ring (bicyclic) bond motifs is 1. The van der Waals surface area contributed by atoms with E-state index in [1.807, 2.05) is 12.1 Å². The van der Waals surface area contributed by atoms with Gasteiger partial charge >= 0.3 is 0 Å². The fourth-order valence-corrected chi connectivity index (χ4v) is 1.70. The number of hydrogen-bond donors (Lipinski definition) is 1. The van der Waals surface area contributed by atoms with Crippen LogP contribution >= 0.6 is 0 Å². The van der Waals surface area contributed by atoms with E-state index in [-0.39, 0.29) is 5.69 Å². The zero-order valence-corrected chi connectivity index (χ0v) is 9.38. The molecule has 4 nitrogen and oxygen atoms in total. The highest BCUT2D eigenvalue weighted by molar-refractivity contribution is 5.46. The van der Waals surface area contributed by atoms with Gasteiger partial charge in [-0.2, -0.15) is 0 Å². The van der Waals surface area contributed by atoms with Gasteiger partial charge in [-0.05, 0) is 24.3 Å². The number of nitrogens with two attached hydrogens (primary N) is 1. The number of pyridine rings is 1. The number of benzene rings is 1. The molecule has 0 aliphatic rings. The maximum atomic E-state index is 13.3. The summed E-state index contributed by atoms with van der Waals surface area (Å²) in [6, 6.07) is 9.81. The Labute approximate surface area is 102 Å². The van der Waals surface area contributed by atoms with E-state index < -0.39 is 5.82 Å². The smallest absolute Gasteiger partial charge is 0.205 e. The third-order valence-corrected chi connectivity index (χ3v) is 2.59. The molecule has 90 valence electrons. The minimum Gasteiger partial charge on any atom is -0.440 e. The maximum Gasteiger partial charge on any atom is 0.205 e. The zero-order valence-electron chi connectivity index (χ0n) is 9.38. The SMILES string of the molecule is Nc1ccc(Oc2cccc3nccn23)cc1F. The Morgan fingerprint density at radius 1 is 1.22 bits per heavy atom. The molecule has 0 aliphatic carbocycles. The van der Waals surface area contributed by atoms with Crippen molar-refractivity contribution < 1.29 is 9.13 Å². The summed E-state index contributed by atoms with van der Waals surface area (Å²) in [7, 11) is 0. The Morgan fingerprint density at radius 3 is 2.94 bits per heavy atom. The summed E-state index contributed by atoms with van der Waals surface area (Å²) in [5.41, 5.74) is 6.28. The molecule has 0 atom stereocenters. The summed E-state index contributed by atoms with van der Waals surface area (Å²) in [5, 5.41) is 0. The molecule has 0 radical (unpaired) electrons. The predicted molar refractivity (Wildman–Crippen MR) is 66.1 cm³/mol. The molecule has 3 aromatic rings. The fraction of sp³-hybridized carbons (Fsp3) is 0. The van der Waals surface area contributed by atoms with Crippen molar-refractivity contribution in [2.45, 2.75) is 0 Å². The van der Waals surface area contributed by atoms with Crippen molar-refractivity contribution in [1.82, 2.24) is 9.38 Å². The van der Waals surface area contributed by atoms with Crippen molar-refractivity contribution in [1.29, 1.82) is 0 Å². The molecular formula is C13H10FN3O. The molecule has 0 saturated heterocycles. The molecule has 2 heterocycles. The molecular weight excluding hydrogens is 233 g/mol. The van der Waals surface area contributed by atoms with Crippen LogP contribution in [0.2, 0.25) is 0 Å². The number of anilines is 1. The van der Waals surface area contributed by atoms with Crippen LogP contribution in [-0.2, 0) is 0 Å². The van der Waals surface area contributed by atoms with Crippen molar-refractivity contribution in [3.8, 4) is 11.6 Å². The van der Waals surface area contributed by atoms with Gasteiger partial charge in [0.25, 0.3) is 0 Å². The lowest BCUT2D eigenvalue weighted by Crippen LogP contribution is -1.95. The van der Waals surface area contributed by atoms with Crippen LogP contribution in [0.1, 0.15) is 0 Å². The number of imidazole rings is 1. The van der Waals surface area contributed by atoms with Crippen molar-refractivity contribution in [2.75, 3.05) is 5.73 Å². The van der Waals surface area contributed by atoms with Crippen molar-refractivity contribution in [3.05, 3.63) is 54.6 Å². The van der Waals surface area contributed by atoms with Crippen molar-refractivity contribution >= 4 is 11.3 Å². The van der Waals surface area contributed by atoms with Crippen LogP contribution in [0.4, 0.5) is 10.1 Å². The lowest BCUT2D eigenvalue weighted by atomic mass is 10.3. The van der Waals surface area contributed by atoms with Gasteiger partial charge in [0.05, 0.1) is 5.69 Å². The number of nitrogens with zero attached hydrogens (tertiary/aromatic N) is 2. The van der Waals surface area contributed by atoms with E-state index in [0.717, 1.165) is 5.65 Å². The van der Waals surface area contributed by atoms with E-state index in [1.54, 1.807) is 28.9 Å². The van der Waals surface area contributed by atoms with E-state index in [0.29, 0.717) is 11.6 Å². The summed E-state index contributed by atoms with van der Waals surface area (Å²) in [5.74, 6) is 0.461. The van der Waals surface area contributed by atoms with Gasteiger partial charge in [-0.1, -0.05) is 6.07 Å². The van der Waals surface area contributed by atoms with Crippen LogP contribution in [0.25, 0.3) is 5.65 Å². The summed E-state index contributed by atoms with van der Waals surface area (Å²) in [6.45, 7) is 0. The summed E-state index contributed by atoms with van der Waals surface area (Å²) in [6.07, 6.45) is 3.45. The average Bonchev–Trinajstić information content (AvgIpc) is 2.83. The second kappa shape index (κ2) is 4.03. The van der Waals surface area contributed by atoms with Crippen LogP contribution in [0.3, 0.4) is 0 Å². The Balaban J connectivity index is 2.01. The average molecular weight is 243 g/mol. The summed E-state index contributed by atoms with van der Waals surface area (Å²) >= 11 is 0. The minimum atomic E-state index is -0.495. The first kappa shape index (κ1) is 10.6. The van der Waals surface area contributed by atoms with Crippen LogP contribution in [0.15, 0.2) is 48.8 Å². The first-order chi connectivity index (χ1) is 8.74. The highest BCUT2D eigenvalue weighted by atomic mass is 19.1. The van der Waals surface area contributed by atoms with E-state index in [9.17, 15) is 4.39 Å². The number of halogens is 1. The first-order valence-corrected chi connectivity index (χ1v) is 5.39. The second-order valence-corrected chi connectivity index (χ2v) is 3.80. The monoisotopic (exact) mass is 243 g/mol. The zero-order chi connectivity index (χ0) is 12.5. The molecule has 0 aliphatic heterocycles. The van der Waals surface area contributed by atoms with Gasteiger partial charge in [0.15, 0.2) is 0 Å². The molecule has 5 heteroatoms. The quantitative estimate of drug-likeness (QED) is 0.704. The molecule has 18 heavy (non-hydrogen) atoms. The number of rotatable bonds is 2. The standard InChI is InChI=1S/C13H10FN3O/c14-10-8-9(4-5-11(10)15)18-13-3-1-2-12-16-6-7-17(12)13/h1-8H,15H2. The molecule has 0 spiro atoms. The van der Waals surface area contributed by atoms with E-state index in [2.05, 4.69) is 4.98 Å². The Morgan fingerprint density at radius 2 is 2.11 bits per heavy atom. The molecule has 0 fully saturated rings.